The Kier molecular flexibility index (Phi) is 3.57. The molecule has 2 N–H and O–H groups in total. The highest BCUT2D eigenvalue weighted by molar-refractivity contribution is 5.97. The first kappa shape index (κ1) is 12.9. The van der Waals surface area contributed by atoms with E-state index in [4.69, 9.17) is 0 Å². The number of hydrogen-bond donors (Lipinski definition) is 2. The van der Waals surface area contributed by atoms with E-state index in [9.17, 15) is 5.11 Å². The lowest BCUT2D eigenvalue weighted by Gasteiger charge is -2.07. The van der Waals surface area contributed by atoms with Crippen LogP contribution in [0.15, 0.2) is 54.6 Å². The monoisotopic (exact) mass is 265 g/mol. The van der Waals surface area contributed by atoms with Gasteiger partial charge in [0.25, 0.3) is 0 Å². The summed E-state index contributed by atoms with van der Waals surface area (Å²) in [6.45, 7) is 1.84. The Morgan fingerprint density at radius 2 is 1.70 bits per heavy atom. The van der Waals surface area contributed by atoms with Gasteiger partial charge in [0.15, 0.2) is 0 Å². The molecule has 20 heavy (non-hydrogen) atoms. The molecule has 0 bridgehead atoms. The average Bonchev–Trinajstić information content (AvgIpc) is 2.84. The molecule has 1 unspecified atom stereocenters. The van der Waals surface area contributed by atoms with Crippen LogP contribution in [-0.4, -0.2) is 16.2 Å². The van der Waals surface area contributed by atoms with Gasteiger partial charge in [0.2, 0.25) is 0 Å². The molecule has 0 fully saturated rings. The zero-order chi connectivity index (χ0) is 13.9. The highest BCUT2D eigenvalue weighted by Crippen LogP contribution is 2.33. The first-order valence-electron chi connectivity index (χ1n) is 7.09. The number of para-hydroxylation sites is 1. The molecule has 3 aromatic rings. The maximum Gasteiger partial charge on any atom is 0.0515 e. The fourth-order valence-electron chi connectivity index (χ4n) is 2.67. The van der Waals surface area contributed by atoms with Crippen LogP contribution in [0.4, 0.5) is 0 Å². The van der Waals surface area contributed by atoms with Crippen LogP contribution in [0, 0.1) is 0 Å². The van der Waals surface area contributed by atoms with Gasteiger partial charge in [0, 0.05) is 22.2 Å². The van der Waals surface area contributed by atoms with Crippen LogP contribution in [0.2, 0.25) is 0 Å². The highest BCUT2D eigenvalue weighted by atomic mass is 16.3. The molecule has 1 heterocycles. The fourth-order valence-corrected chi connectivity index (χ4v) is 2.67. The summed E-state index contributed by atoms with van der Waals surface area (Å²) >= 11 is 0. The molecule has 0 amide bonds. The summed E-state index contributed by atoms with van der Waals surface area (Å²) < 4.78 is 0. The smallest absolute Gasteiger partial charge is 0.0515 e. The van der Waals surface area contributed by atoms with E-state index in [0.717, 1.165) is 18.4 Å². The summed E-state index contributed by atoms with van der Waals surface area (Å²) in [5.41, 5.74) is 4.86. The number of aromatic amines is 1. The predicted molar refractivity (Wildman–Crippen MR) is 83.7 cm³/mol. The van der Waals surface area contributed by atoms with Crippen molar-refractivity contribution in [3.8, 4) is 11.1 Å². The van der Waals surface area contributed by atoms with Crippen molar-refractivity contribution in [1.82, 2.24) is 4.98 Å². The van der Waals surface area contributed by atoms with Gasteiger partial charge >= 0.3 is 0 Å². The maximum absolute atomic E-state index is 9.54. The standard InChI is InChI=1S/C18H19NO/c1-13(20)11-12-17-18(14-7-3-2-4-8-14)15-9-5-6-10-16(15)19-17/h2-10,13,19-20H,11-12H2,1H3. The van der Waals surface area contributed by atoms with Crippen LogP contribution < -0.4 is 0 Å². The zero-order valence-corrected chi connectivity index (χ0v) is 11.6. The third kappa shape index (κ3) is 2.47. The van der Waals surface area contributed by atoms with Crippen molar-refractivity contribution in [2.75, 3.05) is 0 Å². The molecule has 0 aliphatic heterocycles. The van der Waals surface area contributed by atoms with Crippen LogP contribution in [-0.2, 0) is 6.42 Å². The SMILES string of the molecule is CC(O)CCc1[nH]c2ccccc2c1-c1ccccc1. The second-order valence-electron chi connectivity index (χ2n) is 5.28. The molecule has 102 valence electrons. The van der Waals surface area contributed by atoms with Crippen LogP contribution in [0.25, 0.3) is 22.0 Å². The second-order valence-corrected chi connectivity index (χ2v) is 5.28. The Morgan fingerprint density at radius 3 is 2.45 bits per heavy atom. The number of aliphatic hydroxyl groups is 1. The van der Waals surface area contributed by atoms with E-state index in [1.165, 1.54) is 22.2 Å². The minimum atomic E-state index is -0.273. The van der Waals surface area contributed by atoms with E-state index in [1.807, 2.05) is 19.1 Å². The number of aromatic nitrogens is 1. The Bertz CT molecular complexity index is 698. The predicted octanol–water partition coefficient (Wildman–Crippen LogP) is 4.15. The van der Waals surface area contributed by atoms with Gasteiger partial charge in [-0.15, -0.1) is 0 Å². The van der Waals surface area contributed by atoms with E-state index in [-0.39, 0.29) is 6.10 Å². The van der Waals surface area contributed by atoms with Crippen LogP contribution in [0.1, 0.15) is 19.0 Å². The normalized spacial score (nSPS) is 12.7. The fraction of sp³-hybridized carbons (Fsp3) is 0.222. The molecular formula is C18H19NO. The molecule has 0 radical (unpaired) electrons. The molecule has 2 nitrogen and oxygen atoms in total. The first-order chi connectivity index (χ1) is 9.75. The van der Waals surface area contributed by atoms with Crippen molar-refractivity contribution < 1.29 is 5.11 Å². The number of fused-ring (bicyclic) bond motifs is 1. The number of nitrogens with one attached hydrogen (secondary N) is 1. The molecule has 0 saturated carbocycles. The van der Waals surface area contributed by atoms with Gasteiger partial charge in [-0.25, -0.2) is 0 Å². The lowest BCUT2D eigenvalue weighted by atomic mass is 9.99. The van der Waals surface area contributed by atoms with Gasteiger partial charge < -0.3 is 10.1 Å². The summed E-state index contributed by atoms with van der Waals surface area (Å²) in [6.07, 6.45) is 1.36. The minimum Gasteiger partial charge on any atom is -0.393 e. The molecule has 0 aliphatic carbocycles. The van der Waals surface area contributed by atoms with Crippen molar-refractivity contribution in [1.29, 1.82) is 0 Å². The largest absolute Gasteiger partial charge is 0.393 e. The quantitative estimate of drug-likeness (QED) is 0.730. The van der Waals surface area contributed by atoms with Gasteiger partial charge in [-0.2, -0.15) is 0 Å². The number of benzene rings is 2. The average molecular weight is 265 g/mol. The molecule has 3 rings (SSSR count). The molecule has 2 heteroatoms. The van der Waals surface area contributed by atoms with Crippen LogP contribution >= 0.6 is 0 Å². The lowest BCUT2D eigenvalue weighted by molar-refractivity contribution is 0.184. The third-order valence-corrected chi connectivity index (χ3v) is 3.66. The Morgan fingerprint density at radius 1 is 1.00 bits per heavy atom. The van der Waals surface area contributed by atoms with Gasteiger partial charge in [0.1, 0.15) is 0 Å². The topological polar surface area (TPSA) is 36.0 Å². The third-order valence-electron chi connectivity index (χ3n) is 3.66. The summed E-state index contributed by atoms with van der Waals surface area (Å²) in [5.74, 6) is 0. The molecule has 2 aromatic carbocycles. The van der Waals surface area contributed by atoms with Gasteiger partial charge in [0.05, 0.1) is 6.10 Å². The van der Waals surface area contributed by atoms with Gasteiger partial charge in [-0.05, 0) is 31.4 Å². The van der Waals surface area contributed by atoms with Crippen LogP contribution in [0.5, 0.6) is 0 Å². The molecule has 0 aliphatic rings. The summed E-state index contributed by atoms with van der Waals surface area (Å²) in [4.78, 5) is 3.51. The molecule has 1 atom stereocenters. The number of aryl methyl sites for hydroxylation is 1. The molecular weight excluding hydrogens is 246 g/mol. The second kappa shape index (κ2) is 5.51. The Balaban J connectivity index is 2.13. The summed E-state index contributed by atoms with van der Waals surface area (Å²) in [7, 11) is 0. The Labute approximate surface area is 119 Å². The number of H-pyrrole nitrogens is 1. The van der Waals surface area contributed by atoms with E-state index >= 15 is 0 Å². The number of rotatable bonds is 4. The number of hydrogen-bond acceptors (Lipinski definition) is 1. The van der Waals surface area contributed by atoms with E-state index in [1.54, 1.807) is 0 Å². The molecule has 0 saturated heterocycles. The number of aliphatic hydroxyl groups excluding tert-OH is 1. The van der Waals surface area contributed by atoms with Crippen LogP contribution in [0.3, 0.4) is 0 Å². The molecule has 0 spiro atoms. The lowest BCUT2D eigenvalue weighted by Crippen LogP contribution is -2.02. The maximum atomic E-state index is 9.54. The van der Waals surface area contributed by atoms with Crippen molar-refractivity contribution in [3.63, 3.8) is 0 Å². The van der Waals surface area contributed by atoms with E-state index < -0.39 is 0 Å². The summed E-state index contributed by atoms with van der Waals surface area (Å²) in [5, 5.41) is 10.8. The zero-order valence-electron chi connectivity index (χ0n) is 11.6. The van der Waals surface area contributed by atoms with Crippen molar-refractivity contribution in [3.05, 3.63) is 60.3 Å². The Hall–Kier alpha value is -2.06. The highest BCUT2D eigenvalue weighted by Gasteiger charge is 2.13. The van der Waals surface area contributed by atoms with Crippen molar-refractivity contribution >= 4 is 10.9 Å². The van der Waals surface area contributed by atoms with Gasteiger partial charge in [-0.1, -0.05) is 48.5 Å². The van der Waals surface area contributed by atoms with E-state index in [2.05, 4.69) is 47.4 Å². The summed E-state index contributed by atoms with van der Waals surface area (Å²) in [6, 6.07) is 18.8. The first-order valence-corrected chi connectivity index (χ1v) is 7.09. The van der Waals surface area contributed by atoms with Crippen molar-refractivity contribution in [2.24, 2.45) is 0 Å². The van der Waals surface area contributed by atoms with E-state index in [0.29, 0.717) is 0 Å². The van der Waals surface area contributed by atoms with Crippen molar-refractivity contribution in [2.45, 2.75) is 25.9 Å². The minimum absolute atomic E-state index is 0.273. The van der Waals surface area contributed by atoms with Gasteiger partial charge in [-0.3, -0.25) is 0 Å². The molecule has 1 aromatic heterocycles.